The van der Waals surface area contributed by atoms with Gasteiger partial charge in [-0.15, -0.1) is 11.3 Å². The number of nitrogens with one attached hydrogen (secondary N) is 1. The van der Waals surface area contributed by atoms with Crippen molar-refractivity contribution >= 4 is 22.4 Å². The topological polar surface area (TPSA) is 63.7 Å². The summed E-state index contributed by atoms with van der Waals surface area (Å²) in [4.78, 5) is 18.6. The van der Waals surface area contributed by atoms with Gasteiger partial charge in [-0.25, -0.2) is 4.98 Å². The highest BCUT2D eigenvalue weighted by Crippen LogP contribution is 2.28. The molecule has 130 valence electrons. The van der Waals surface area contributed by atoms with Crippen LogP contribution < -0.4 is 19.7 Å². The van der Waals surface area contributed by atoms with Crippen molar-refractivity contribution in [3.63, 3.8) is 0 Å². The van der Waals surface area contributed by atoms with E-state index < -0.39 is 0 Å². The number of carbonyl (C=O) groups excluding carboxylic acids is 1. The summed E-state index contributed by atoms with van der Waals surface area (Å²) in [7, 11) is 5.10. The molecule has 1 aromatic heterocycles. The number of aromatic nitrogens is 1. The number of methoxy groups -OCH3 is 2. The van der Waals surface area contributed by atoms with Crippen LogP contribution in [-0.4, -0.2) is 38.7 Å². The Balaban J connectivity index is 2.21. The molecule has 0 aliphatic rings. The molecule has 0 atom stereocenters. The van der Waals surface area contributed by atoms with Gasteiger partial charge in [-0.1, -0.05) is 0 Å². The zero-order valence-electron chi connectivity index (χ0n) is 14.2. The lowest BCUT2D eigenvalue weighted by Crippen LogP contribution is -2.30. The Hall–Kier alpha value is -2.12. The van der Waals surface area contributed by atoms with Gasteiger partial charge < -0.3 is 14.8 Å². The summed E-state index contributed by atoms with van der Waals surface area (Å²) in [6.07, 6.45) is 2.97. The van der Waals surface area contributed by atoms with Crippen molar-refractivity contribution in [3.8, 4) is 11.5 Å². The molecule has 0 aliphatic heterocycles. The number of benzene rings is 1. The molecule has 0 aliphatic carbocycles. The zero-order chi connectivity index (χ0) is 17.4. The lowest BCUT2D eigenvalue weighted by Gasteiger charge is -2.21. The van der Waals surface area contributed by atoms with Crippen LogP contribution in [0, 0.1) is 0 Å². The van der Waals surface area contributed by atoms with E-state index in [1.165, 1.54) is 11.3 Å². The third-order valence-corrected chi connectivity index (χ3v) is 4.39. The molecule has 0 saturated heterocycles. The van der Waals surface area contributed by atoms with Crippen molar-refractivity contribution in [2.75, 3.05) is 32.7 Å². The van der Waals surface area contributed by atoms with Crippen LogP contribution in [0.4, 0.5) is 5.13 Å². The summed E-state index contributed by atoms with van der Waals surface area (Å²) in [5.74, 6) is 1.47. The molecule has 0 unspecified atom stereocenters. The van der Waals surface area contributed by atoms with E-state index in [1.807, 2.05) is 30.6 Å². The van der Waals surface area contributed by atoms with E-state index >= 15 is 0 Å². The molecule has 2 aromatic rings. The molecule has 0 radical (unpaired) electrons. The minimum absolute atomic E-state index is 0.0538. The minimum atomic E-state index is 0.0538. The first-order valence-electron chi connectivity index (χ1n) is 7.75. The summed E-state index contributed by atoms with van der Waals surface area (Å²) in [5, 5.41) is 5.63. The molecule has 1 heterocycles. The quantitative estimate of drug-likeness (QED) is 0.705. The molecular formula is C17H23N3O3S. The highest BCUT2D eigenvalue weighted by atomic mass is 32.1. The van der Waals surface area contributed by atoms with Gasteiger partial charge in [-0.2, -0.15) is 0 Å². The predicted octanol–water partition coefficient (Wildman–Crippen LogP) is 2.69. The lowest BCUT2D eigenvalue weighted by molar-refractivity contribution is -0.118. The van der Waals surface area contributed by atoms with Crippen LogP contribution >= 0.6 is 11.3 Å². The van der Waals surface area contributed by atoms with Crippen molar-refractivity contribution in [2.24, 2.45) is 0 Å². The van der Waals surface area contributed by atoms with E-state index in [-0.39, 0.29) is 5.91 Å². The molecule has 7 heteroatoms. The van der Waals surface area contributed by atoms with Crippen molar-refractivity contribution in [1.82, 2.24) is 10.3 Å². The number of rotatable bonds is 9. The fourth-order valence-electron chi connectivity index (χ4n) is 2.32. The fraction of sp³-hybridized carbons (Fsp3) is 0.412. The number of nitrogens with zero attached hydrogens (tertiary/aromatic N) is 2. The van der Waals surface area contributed by atoms with Gasteiger partial charge in [-0.05, 0) is 32.1 Å². The van der Waals surface area contributed by atoms with Gasteiger partial charge >= 0.3 is 0 Å². The summed E-state index contributed by atoms with van der Waals surface area (Å²) >= 11 is 1.45. The molecule has 1 amide bonds. The van der Waals surface area contributed by atoms with Crippen LogP contribution in [0.1, 0.15) is 18.4 Å². The van der Waals surface area contributed by atoms with Gasteiger partial charge in [0.2, 0.25) is 5.91 Å². The number of hydrogen-bond donors (Lipinski definition) is 1. The maximum Gasteiger partial charge on any atom is 0.229 e. The number of amides is 1. The van der Waals surface area contributed by atoms with E-state index in [2.05, 4.69) is 10.3 Å². The Morgan fingerprint density at radius 2 is 2.17 bits per heavy atom. The molecule has 0 bridgehead atoms. The van der Waals surface area contributed by atoms with Crippen molar-refractivity contribution in [3.05, 3.63) is 35.3 Å². The Morgan fingerprint density at radius 1 is 1.33 bits per heavy atom. The SMILES string of the molecule is CNCCCC(=O)N(Cc1ccc(OC)cc1OC)c1nccs1. The van der Waals surface area contributed by atoms with Crippen LogP contribution in [0.5, 0.6) is 11.5 Å². The second kappa shape index (κ2) is 9.24. The maximum atomic E-state index is 12.6. The predicted molar refractivity (Wildman–Crippen MR) is 96.0 cm³/mol. The van der Waals surface area contributed by atoms with Crippen molar-refractivity contribution in [1.29, 1.82) is 0 Å². The first-order chi connectivity index (χ1) is 11.7. The van der Waals surface area contributed by atoms with E-state index in [4.69, 9.17) is 9.47 Å². The maximum absolute atomic E-state index is 12.6. The standard InChI is InChI=1S/C17H23N3O3S/c1-18-8-4-5-16(21)20(17-19-9-10-24-17)12-13-6-7-14(22-2)11-15(13)23-3/h6-7,9-11,18H,4-5,8,12H2,1-3H3. The zero-order valence-corrected chi connectivity index (χ0v) is 15.1. The van der Waals surface area contributed by atoms with Crippen molar-refractivity contribution < 1.29 is 14.3 Å². The van der Waals surface area contributed by atoms with Gasteiger partial charge in [0.15, 0.2) is 5.13 Å². The Labute approximate surface area is 146 Å². The number of hydrogen-bond acceptors (Lipinski definition) is 6. The van der Waals surface area contributed by atoms with Crippen LogP contribution in [-0.2, 0) is 11.3 Å². The highest BCUT2D eigenvalue weighted by Gasteiger charge is 2.20. The van der Waals surface area contributed by atoms with Gasteiger partial charge in [0.25, 0.3) is 0 Å². The van der Waals surface area contributed by atoms with Gasteiger partial charge in [-0.3, -0.25) is 9.69 Å². The molecular weight excluding hydrogens is 326 g/mol. The second-order valence-corrected chi connectivity index (χ2v) is 6.05. The monoisotopic (exact) mass is 349 g/mol. The first-order valence-corrected chi connectivity index (χ1v) is 8.63. The lowest BCUT2D eigenvalue weighted by atomic mass is 10.1. The smallest absolute Gasteiger partial charge is 0.229 e. The first kappa shape index (κ1) is 18.2. The average Bonchev–Trinajstić information content (AvgIpc) is 3.14. The second-order valence-electron chi connectivity index (χ2n) is 5.18. The highest BCUT2D eigenvalue weighted by molar-refractivity contribution is 7.13. The summed E-state index contributed by atoms with van der Waals surface area (Å²) in [6, 6.07) is 5.60. The Kier molecular flexibility index (Phi) is 7.02. The molecule has 0 saturated carbocycles. The van der Waals surface area contributed by atoms with Crippen LogP contribution in [0.3, 0.4) is 0 Å². The van der Waals surface area contributed by atoms with E-state index in [9.17, 15) is 4.79 Å². The third-order valence-electron chi connectivity index (χ3n) is 3.59. The van der Waals surface area contributed by atoms with Crippen LogP contribution in [0.2, 0.25) is 0 Å². The molecule has 0 fully saturated rings. The molecule has 2 rings (SSSR count). The number of thiazole rings is 1. The van der Waals surface area contributed by atoms with E-state index in [0.29, 0.717) is 23.8 Å². The van der Waals surface area contributed by atoms with Crippen LogP contribution in [0.25, 0.3) is 0 Å². The van der Waals surface area contributed by atoms with Gasteiger partial charge in [0, 0.05) is 29.6 Å². The van der Waals surface area contributed by atoms with E-state index in [1.54, 1.807) is 25.3 Å². The molecule has 1 aromatic carbocycles. The normalized spacial score (nSPS) is 10.5. The third kappa shape index (κ3) is 4.69. The number of anilines is 1. The molecule has 0 spiro atoms. The molecule has 1 N–H and O–H groups in total. The Bertz CT molecular complexity index is 647. The fourth-order valence-corrected chi connectivity index (χ4v) is 2.97. The average molecular weight is 349 g/mol. The largest absolute Gasteiger partial charge is 0.497 e. The summed E-state index contributed by atoms with van der Waals surface area (Å²) in [5.41, 5.74) is 0.912. The number of ether oxygens (including phenoxy) is 2. The van der Waals surface area contributed by atoms with Gasteiger partial charge in [0.05, 0.1) is 20.8 Å². The van der Waals surface area contributed by atoms with Gasteiger partial charge in [0.1, 0.15) is 11.5 Å². The van der Waals surface area contributed by atoms with Crippen LogP contribution in [0.15, 0.2) is 29.8 Å². The molecule has 6 nitrogen and oxygen atoms in total. The molecule has 24 heavy (non-hydrogen) atoms. The number of carbonyl (C=O) groups is 1. The minimum Gasteiger partial charge on any atom is -0.497 e. The van der Waals surface area contributed by atoms with E-state index in [0.717, 1.165) is 24.3 Å². The Morgan fingerprint density at radius 3 is 2.79 bits per heavy atom. The summed E-state index contributed by atoms with van der Waals surface area (Å²) in [6.45, 7) is 1.22. The summed E-state index contributed by atoms with van der Waals surface area (Å²) < 4.78 is 10.7. The van der Waals surface area contributed by atoms with Crippen molar-refractivity contribution in [2.45, 2.75) is 19.4 Å².